The number of amides is 2. The van der Waals surface area contributed by atoms with Crippen LogP contribution in [0.15, 0.2) is 78.9 Å². The van der Waals surface area contributed by atoms with Crippen LogP contribution in [0.1, 0.15) is 39.9 Å². The third kappa shape index (κ3) is 4.95. The number of hydrogen-bond donors (Lipinski definition) is 1. The Bertz CT molecular complexity index is 1040. The zero-order valence-electron chi connectivity index (χ0n) is 17.2. The van der Waals surface area contributed by atoms with Gasteiger partial charge in [0.1, 0.15) is 0 Å². The summed E-state index contributed by atoms with van der Waals surface area (Å²) in [4.78, 5) is 27.5. The highest BCUT2D eigenvalue weighted by molar-refractivity contribution is 6.07. The van der Waals surface area contributed by atoms with Gasteiger partial charge < -0.3 is 10.2 Å². The van der Waals surface area contributed by atoms with Crippen LogP contribution in [0.2, 0.25) is 0 Å². The van der Waals surface area contributed by atoms with E-state index in [9.17, 15) is 9.59 Å². The summed E-state index contributed by atoms with van der Waals surface area (Å²) in [7, 11) is 0. The summed E-state index contributed by atoms with van der Waals surface area (Å²) >= 11 is 0. The molecule has 0 radical (unpaired) electrons. The molecule has 0 spiro atoms. The van der Waals surface area contributed by atoms with Gasteiger partial charge in [0.25, 0.3) is 5.91 Å². The fourth-order valence-corrected chi connectivity index (χ4v) is 3.53. The smallest absolute Gasteiger partial charge is 0.258 e. The standard InChI is InChI=1S/C26H26N2O2/c1-19-8-5-6-13-24(19)26(30)28(18-20-9-3-2-4-10-20)23-12-7-11-21(16-23)17-25(29)27-22-14-15-22/h2-13,16,22H,14-15,17-18H2,1H3,(H,27,29). The lowest BCUT2D eigenvalue weighted by Crippen LogP contribution is -2.31. The average Bonchev–Trinajstić information content (AvgIpc) is 3.56. The molecule has 1 N–H and O–H groups in total. The number of nitrogens with zero attached hydrogens (tertiary/aromatic N) is 1. The van der Waals surface area contributed by atoms with Gasteiger partial charge in [0.2, 0.25) is 5.91 Å². The average molecular weight is 399 g/mol. The quantitative estimate of drug-likeness (QED) is 0.629. The van der Waals surface area contributed by atoms with E-state index in [1.807, 2.05) is 85.8 Å². The van der Waals surface area contributed by atoms with E-state index in [2.05, 4.69) is 5.32 Å². The first-order valence-corrected chi connectivity index (χ1v) is 10.4. The van der Waals surface area contributed by atoms with Crippen LogP contribution in [-0.4, -0.2) is 17.9 Å². The first-order chi connectivity index (χ1) is 14.6. The van der Waals surface area contributed by atoms with Crippen LogP contribution in [0.3, 0.4) is 0 Å². The molecule has 0 aromatic heterocycles. The van der Waals surface area contributed by atoms with Gasteiger partial charge in [-0.15, -0.1) is 0 Å². The lowest BCUT2D eigenvalue weighted by molar-refractivity contribution is -0.120. The number of carbonyl (C=O) groups excluding carboxylic acids is 2. The van der Waals surface area contributed by atoms with Gasteiger partial charge in [-0.25, -0.2) is 0 Å². The van der Waals surface area contributed by atoms with Gasteiger partial charge in [-0.2, -0.15) is 0 Å². The summed E-state index contributed by atoms with van der Waals surface area (Å²) in [5.41, 5.74) is 4.38. The van der Waals surface area contributed by atoms with E-state index in [-0.39, 0.29) is 11.8 Å². The number of anilines is 1. The lowest BCUT2D eigenvalue weighted by Gasteiger charge is -2.24. The van der Waals surface area contributed by atoms with Gasteiger partial charge in [0.05, 0.1) is 13.0 Å². The van der Waals surface area contributed by atoms with Gasteiger partial charge in [0, 0.05) is 17.3 Å². The number of benzene rings is 3. The van der Waals surface area contributed by atoms with Crippen molar-refractivity contribution < 1.29 is 9.59 Å². The molecule has 4 rings (SSSR count). The van der Waals surface area contributed by atoms with Crippen LogP contribution < -0.4 is 10.2 Å². The third-order valence-corrected chi connectivity index (χ3v) is 5.33. The molecule has 4 heteroatoms. The molecule has 0 unspecified atom stereocenters. The predicted molar refractivity (Wildman–Crippen MR) is 119 cm³/mol. The monoisotopic (exact) mass is 398 g/mol. The van der Waals surface area contributed by atoms with E-state index in [0.717, 1.165) is 35.2 Å². The SMILES string of the molecule is Cc1ccccc1C(=O)N(Cc1ccccc1)c1cccc(CC(=O)NC2CC2)c1. The molecule has 2 amide bonds. The van der Waals surface area contributed by atoms with E-state index in [4.69, 9.17) is 0 Å². The number of aryl methyl sites for hydroxylation is 1. The predicted octanol–water partition coefficient (Wildman–Crippen LogP) is 4.66. The number of hydrogen-bond acceptors (Lipinski definition) is 2. The maximum atomic E-state index is 13.5. The maximum Gasteiger partial charge on any atom is 0.258 e. The Balaban J connectivity index is 1.63. The Hall–Kier alpha value is -3.40. The van der Waals surface area contributed by atoms with Gasteiger partial charge in [-0.05, 0) is 54.7 Å². The number of rotatable bonds is 7. The first kappa shape index (κ1) is 19.9. The van der Waals surface area contributed by atoms with Crippen LogP contribution in [0.25, 0.3) is 0 Å². The molecular formula is C26H26N2O2. The van der Waals surface area contributed by atoms with Crippen molar-refractivity contribution in [3.63, 3.8) is 0 Å². The Morgan fingerprint density at radius 3 is 2.33 bits per heavy atom. The van der Waals surface area contributed by atoms with Crippen LogP contribution in [0.5, 0.6) is 0 Å². The molecule has 0 heterocycles. The number of carbonyl (C=O) groups is 2. The molecule has 1 fully saturated rings. The minimum absolute atomic E-state index is 0.0366. The molecule has 3 aromatic carbocycles. The minimum Gasteiger partial charge on any atom is -0.353 e. The van der Waals surface area contributed by atoms with Gasteiger partial charge in [-0.3, -0.25) is 9.59 Å². The molecule has 30 heavy (non-hydrogen) atoms. The molecule has 1 aliphatic rings. The zero-order valence-corrected chi connectivity index (χ0v) is 17.2. The molecule has 0 atom stereocenters. The summed E-state index contributed by atoms with van der Waals surface area (Å²) in [6.07, 6.45) is 2.46. The van der Waals surface area contributed by atoms with E-state index >= 15 is 0 Å². The summed E-state index contributed by atoms with van der Waals surface area (Å²) in [5.74, 6) is -0.00831. The van der Waals surface area contributed by atoms with Gasteiger partial charge in [-0.1, -0.05) is 60.7 Å². The maximum absolute atomic E-state index is 13.5. The van der Waals surface area contributed by atoms with Crippen molar-refractivity contribution in [3.05, 3.63) is 101 Å². The summed E-state index contributed by atoms with van der Waals surface area (Å²) in [5, 5.41) is 3.03. The molecule has 152 valence electrons. The second kappa shape index (κ2) is 8.95. The van der Waals surface area contributed by atoms with Crippen LogP contribution >= 0.6 is 0 Å². The van der Waals surface area contributed by atoms with Crippen molar-refractivity contribution in [2.24, 2.45) is 0 Å². The lowest BCUT2D eigenvalue weighted by atomic mass is 10.1. The van der Waals surface area contributed by atoms with E-state index < -0.39 is 0 Å². The largest absolute Gasteiger partial charge is 0.353 e. The second-order valence-electron chi connectivity index (χ2n) is 7.88. The fraction of sp³-hybridized carbons (Fsp3) is 0.231. The molecule has 1 saturated carbocycles. The fourth-order valence-electron chi connectivity index (χ4n) is 3.53. The van der Waals surface area contributed by atoms with Crippen molar-refractivity contribution in [1.82, 2.24) is 5.32 Å². The van der Waals surface area contributed by atoms with Crippen molar-refractivity contribution in [2.45, 2.75) is 38.8 Å². The Labute approximate surface area is 177 Å². The van der Waals surface area contributed by atoms with Crippen LogP contribution in [0, 0.1) is 6.92 Å². The first-order valence-electron chi connectivity index (χ1n) is 10.4. The molecule has 0 aliphatic heterocycles. The number of nitrogens with one attached hydrogen (secondary N) is 1. The van der Waals surface area contributed by atoms with E-state index in [0.29, 0.717) is 24.6 Å². The molecule has 3 aromatic rings. The summed E-state index contributed by atoms with van der Waals surface area (Å²) in [6.45, 7) is 2.41. The minimum atomic E-state index is -0.0449. The Morgan fingerprint density at radius 1 is 0.900 bits per heavy atom. The Kier molecular flexibility index (Phi) is 5.94. The molecule has 1 aliphatic carbocycles. The summed E-state index contributed by atoms with van der Waals surface area (Å²) < 4.78 is 0. The van der Waals surface area contributed by atoms with Gasteiger partial charge in [0.15, 0.2) is 0 Å². The summed E-state index contributed by atoms with van der Waals surface area (Å²) in [6, 6.07) is 25.7. The van der Waals surface area contributed by atoms with E-state index in [1.54, 1.807) is 4.90 Å². The van der Waals surface area contributed by atoms with Crippen molar-refractivity contribution in [1.29, 1.82) is 0 Å². The van der Waals surface area contributed by atoms with Gasteiger partial charge >= 0.3 is 0 Å². The topological polar surface area (TPSA) is 49.4 Å². The zero-order chi connectivity index (χ0) is 20.9. The second-order valence-corrected chi connectivity index (χ2v) is 7.88. The highest BCUT2D eigenvalue weighted by Gasteiger charge is 2.24. The highest BCUT2D eigenvalue weighted by Crippen LogP contribution is 2.24. The van der Waals surface area contributed by atoms with Crippen molar-refractivity contribution in [3.8, 4) is 0 Å². The molecule has 0 bridgehead atoms. The van der Waals surface area contributed by atoms with Crippen molar-refractivity contribution in [2.75, 3.05) is 4.90 Å². The Morgan fingerprint density at radius 2 is 1.60 bits per heavy atom. The van der Waals surface area contributed by atoms with Crippen LogP contribution in [0.4, 0.5) is 5.69 Å². The highest BCUT2D eigenvalue weighted by atomic mass is 16.2. The molecule has 0 saturated heterocycles. The van der Waals surface area contributed by atoms with Crippen LogP contribution in [-0.2, 0) is 17.8 Å². The third-order valence-electron chi connectivity index (χ3n) is 5.33. The normalized spacial score (nSPS) is 13.0. The van der Waals surface area contributed by atoms with E-state index in [1.165, 1.54) is 0 Å². The molecular weight excluding hydrogens is 372 g/mol. The molecule has 4 nitrogen and oxygen atoms in total. The van der Waals surface area contributed by atoms with Crippen molar-refractivity contribution >= 4 is 17.5 Å².